The van der Waals surface area contributed by atoms with Gasteiger partial charge in [-0.25, -0.2) is 0 Å². The lowest BCUT2D eigenvalue weighted by atomic mass is 9.58. The van der Waals surface area contributed by atoms with Crippen LogP contribution in [0.25, 0.3) is 0 Å². The predicted molar refractivity (Wildman–Crippen MR) is 60.4 cm³/mol. The summed E-state index contributed by atoms with van der Waals surface area (Å²) in [6.07, 6.45) is 8.66. The topological polar surface area (TPSA) is 24.1 Å². The predicted octanol–water partition coefficient (Wildman–Crippen LogP) is 1.76. The Morgan fingerprint density at radius 3 is 2.21 bits per heavy atom. The van der Waals surface area contributed by atoms with Crippen molar-refractivity contribution in [1.82, 2.24) is 10.6 Å². The molecule has 1 atom stereocenters. The van der Waals surface area contributed by atoms with E-state index < -0.39 is 0 Å². The van der Waals surface area contributed by atoms with E-state index in [0.29, 0.717) is 5.41 Å². The number of nitrogens with one attached hydrogen (secondary N) is 2. The maximum Gasteiger partial charge on any atom is 0.0161 e. The summed E-state index contributed by atoms with van der Waals surface area (Å²) >= 11 is 0. The molecule has 2 aliphatic rings. The smallest absolute Gasteiger partial charge is 0.0161 e. The van der Waals surface area contributed by atoms with Crippen LogP contribution in [0.3, 0.4) is 0 Å². The Morgan fingerprint density at radius 1 is 1.21 bits per heavy atom. The van der Waals surface area contributed by atoms with Crippen LogP contribution in [-0.2, 0) is 0 Å². The van der Waals surface area contributed by atoms with Gasteiger partial charge in [-0.3, -0.25) is 0 Å². The van der Waals surface area contributed by atoms with Crippen LogP contribution < -0.4 is 10.6 Å². The molecule has 82 valence electrons. The maximum absolute atomic E-state index is 3.59. The van der Waals surface area contributed by atoms with Crippen molar-refractivity contribution in [1.29, 1.82) is 0 Å². The second-order valence-corrected chi connectivity index (χ2v) is 5.20. The van der Waals surface area contributed by atoms with Gasteiger partial charge in [-0.15, -0.1) is 0 Å². The molecule has 0 aromatic heterocycles. The minimum Gasteiger partial charge on any atom is -0.319 e. The zero-order valence-electron chi connectivity index (χ0n) is 9.60. The molecule has 2 fully saturated rings. The highest BCUT2D eigenvalue weighted by Gasteiger charge is 2.46. The first-order valence-corrected chi connectivity index (χ1v) is 6.14. The molecule has 2 nitrogen and oxygen atoms in total. The van der Waals surface area contributed by atoms with Gasteiger partial charge in [-0.05, 0) is 51.1 Å². The Hall–Kier alpha value is -0.0800. The summed E-state index contributed by atoms with van der Waals surface area (Å²) in [6, 6.07) is 0.775. The van der Waals surface area contributed by atoms with E-state index >= 15 is 0 Å². The maximum atomic E-state index is 3.59. The molecule has 0 heterocycles. The third-order valence-electron chi connectivity index (χ3n) is 4.47. The van der Waals surface area contributed by atoms with Crippen LogP contribution in [0, 0.1) is 11.3 Å². The van der Waals surface area contributed by atoms with Crippen molar-refractivity contribution >= 4 is 0 Å². The van der Waals surface area contributed by atoms with Gasteiger partial charge >= 0.3 is 0 Å². The van der Waals surface area contributed by atoms with Crippen molar-refractivity contribution in [2.75, 3.05) is 20.6 Å². The highest BCUT2D eigenvalue weighted by atomic mass is 15.0. The first-order valence-electron chi connectivity index (χ1n) is 6.14. The summed E-state index contributed by atoms with van der Waals surface area (Å²) in [5.41, 5.74) is 0.592. The van der Waals surface area contributed by atoms with Gasteiger partial charge in [0.05, 0.1) is 0 Å². The lowest BCUT2D eigenvalue weighted by Gasteiger charge is -2.52. The Balaban J connectivity index is 1.99. The fourth-order valence-corrected chi connectivity index (χ4v) is 3.40. The van der Waals surface area contributed by atoms with Gasteiger partial charge in [0.1, 0.15) is 0 Å². The van der Waals surface area contributed by atoms with E-state index in [9.17, 15) is 0 Å². The molecule has 14 heavy (non-hydrogen) atoms. The third kappa shape index (κ3) is 1.59. The third-order valence-corrected chi connectivity index (χ3v) is 4.47. The summed E-state index contributed by atoms with van der Waals surface area (Å²) in [7, 11) is 4.24. The lowest BCUT2D eigenvalue weighted by Crippen LogP contribution is -2.57. The van der Waals surface area contributed by atoms with E-state index in [0.717, 1.165) is 12.0 Å². The van der Waals surface area contributed by atoms with Crippen LogP contribution in [0.1, 0.15) is 38.5 Å². The Bertz CT molecular complexity index is 183. The molecule has 0 aromatic rings. The molecule has 0 saturated heterocycles. The second-order valence-electron chi connectivity index (χ2n) is 5.20. The zero-order chi connectivity index (χ0) is 10.0. The average molecular weight is 196 g/mol. The standard InChI is InChI=1S/C12H24N2/c1-13-9-12(7-4-8-12)11(14-2)10-5-3-6-10/h10-11,13-14H,3-9H2,1-2H3. The van der Waals surface area contributed by atoms with Gasteiger partial charge < -0.3 is 10.6 Å². The molecule has 0 spiro atoms. The van der Waals surface area contributed by atoms with E-state index in [4.69, 9.17) is 0 Å². The molecule has 0 aliphatic heterocycles. The Kier molecular flexibility index (Phi) is 3.13. The average Bonchev–Trinajstić information content (AvgIpc) is 2.04. The molecule has 2 saturated carbocycles. The molecular formula is C12H24N2. The molecule has 0 radical (unpaired) electrons. The van der Waals surface area contributed by atoms with Crippen molar-refractivity contribution in [2.45, 2.75) is 44.6 Å². The SMILES string of the molecule is CNCC1(C(NC)C2CCC2)CCC1. The molecule has 0 aromatic carbocycles. The highest BCUT2D eigenvalue weighted by molar-refractivity contribution is 5.02. The van der Waals surface area contributed by atoms with Crippen LogP contribution in [0.4, 0.5) is 0 Å². The van der Waals surface area contributed by atoms with Gasteiger partial charge in [0, 0.05) is 12.6 Å². The van der Waals surface area contributed by atoms with Crippen molar-refractivity contribution < 1.29 is 0 Å². The van der Waals surface area contributed by atoms with Crippen LogP contribution in [0.2, 0.25) is 0 Å². The normalized spacial score (nSPS) is 27.9. The van der Waals surface area contributed by atoms with E-state index in [1.165, 1.54) is 45.1 Å². The first kappa shape index (κ1) is 10.4. The van der Waals surface area contributed by atoms with Gasteiger partial charge in [-0.2, -0.15) is 0 Å². The molecule has 2 aliphatic carbocycles. The summed E-state index contributed by atoms with van der Waals surface area (Å²) in [6.45, 7) is 1.20. The minimum atomic E-state index is 0.592. The second kappa shape index (κ2) is 4.19. The first-order chi connectivity index (χ1) is 6.82. The van der Waals surface area contributed by atoms with E-state index in [1.54, 1.807) is 0 Å². The fraction of sp³-hybridized carbons (Fsp3) is 1.00. The Morgan fingerprint density at radius 2 is 1.93 bits per heavy atom. The van der Waals surface area contributed by atoms with Gasteiger partial charge in [0.15, 0.2) is 0 Å². The monoisotopic (exact) mass is 196 g/mol. The van der Waals surface area contributed by atoms with Crippen molar-refractivity contribution in [3.8, 4) is 0 Å². The van der Waals surface area contributed by atoms with E-state index in [2.05, 4.69) is 24.7 Å². The van der Waals surface area contributed by atoms with Crippen molar-refractivity contribution in [2.24, 2.45) is 11.3 Å². The largest absolute Gasteiger partial charge is 0.319 e. The lowest BCUT2D eigenvalue weighted by molar-refractivity contribution is 0.0242. The molecular weight excluding hydrogens is 172 g/mol. The molecule has 2 heteroatoms. The fourth-order valence-electron chi connectivity index (χ4n) is 3.40. The van der Waals surface area contributed by atoms with Gasteiger partial charge in [0.2, 0.25) is 0 Å². The molecule has 2 N–H and O–H groups in total. The number of hydrogen-bond acceptors (Lipinski definition) is 2. The van der Waals surface area contributed by atoms with Crippen LogP contribution in [0.5, 0.6) is 0 Å². The Labute approximate surface area is 87.8 Å². The molecule has 2 rings (SSSR count). The van der Waals surface area contributed by atoms with Gasteiger partial charge in [-0.1, -0.05) is 12.8 Å². The number of hydrogen-bond donors (Lipinski definition) is 2. The molecule has 0 bridgehead atoms. The quantitative estimate of drug-likeness (QED) is 0.700. The van der Waals surface area contributed by atoms with Crippen molar-refractivity contribution in [3.63, 3.8) is 0 Å². The van der Waals surface area contributed by atoms with E-state index in [-0.39, 0.29) is 0 Å². The number of rotatable bonds is 5. The van der Waals surface area contributed by atoms with Gasteiger partial charge in [0.25, 0.3) is 0 Å². The van der Waals surface area contributed by atoms with Crippen LogP contribution in [0.15, 0.2) is 0 Å². The highest BCUT2D eigenvalue weighted by Crippen LogP contribution is 2.49. The summed E-state index contributed by atoms with van der Waals surface area (Å²) in [5, 5.41) is 6.98. The zero-order valence-corrected chi connectivity index (χ0v) is 9.60. The molecule has 0 amide bonds. The summed E-state index contributed by atoms with van der Waals surface area (Å²) in [5.74, 6) is 0.966. The molecule has 1 unspecified atom stereocenters. The van der Waals surface area contributed by atoms with Crippen LogP contribution in [-0.4, -0.2) is 26.7 Å². The summed E-state index contributed by atoms with van der Waals surface area (Å²) < 4.78 is 0. The van der Waals surface area contributed by atoms with Crippen molar-refractivity contribution in [3.05, 3.63) is 0 Å². The van der Waals surface area contributed by atoms with E-state index in [1.807, 2.05) is 0 Å². The minimum absolute atomic E-state index is 0.592. The summed E-state index contributed by atoms with van der Waals surface area (Å²) in [4.78, 5) is 0. The van der Waals surface area contributed by atoms with Crippen LogP contribution >= 0.6 is 0 Å².